The molecule has 2 N–H and O–H groups in total. The number of hydrogen-bond acceptors (Lipinski definition) is 2. The minimum Gasteiger partial charge on any atom is -0.496 e. The van der Waals surface area contributed by atoms with E-state index in [4.69, 9.17) is 10.5 Å². The van der Waals surface area contributed by atoms with Crippen molar-refractivity contribution in [1.82, 2.24) is 0 Å². The predicted molar refractivity (Wildman–Crippen MR) is 64.3 cm³/mol. The van der Waals surface area contributed by atoms with Crippen molar-refractivity contribution in [2.75, 3.05) is 6.61 Å². The standard InChI is InChI=1S/C12H13BrFNO/c13-8-4-5-9(10(14)7-8)12(15)11-3-1-2-6-16-11/h3-5,7,12H,1-2,6,15H2. The minimum atomic E-state index is -0.506. The molecule has 1 atom stereocenters. The average Bonchev–Trinajstić information content (AvgIpc) is 2.29. The molecule has 1 aromatic rings. The van der Waals surface area contributed by atoms with E-state index in [9.17, 15) is 4.39 Å². The van der Waals surface area contributed by atoms with Crippen LogP contribution in [0.2, 0.25) is 0 Å². The number of halogens is 2. The third-order valence-corrected chi connectivity index (χ3v) is 3.06. The number of ether oxygens (including phenoxy) is 1. The lowest BCUT2D eigenvalue weighted by Gasteiger charge is -2.21. The SMILES string of the molecule is NC(C1=CCCCO1)c1ccc(Br)cc1F. The van der Waals surface area contributed by atoms with Crippen LogP contribution in [0.15, 0.2) is 34.5 Å². The van der Waals surface area contributed by atoms with Gasteiger partial charge in [0, 0.05) is 10.0 Å². The fourth-order valence-electron chi connectivity index (χ4n) is 1.70. The van der Waals surface area contributed by atoms with E-state index in [1.54, 1.807) is 12.1 Å². The van der Waals surface area contributed by atoms with Gasteiger partial charge in [0.2, 0.25) is 0 Å². The van der Waals surface area contributed by atoms with Crippen LogP contribution in [0.4, 0.5) is 4.39 Å². The molecule has 2 nitrogen and oxygen atoms in total. The van der Waals surface area contributed by atoms with Gasteiger partial charge < -0.3 is 10.5 Å². The Bertz CT molecular complexity index is 419. The van der Waals surface area contributed by atoms with E-state index in [-0.39, 0.29) is 5.82 Å². The summed E-state index contributed by atoms with van der Waals surface area (Å²) in [6.07, 6.45) is 3.88. The Morgan fingerprint density at radius 1 is 1.44 bits per heavy atom. The molecule has 0 fully saturated rings. The van der Waals surface area contributed by atoms with Gasteiger partial charge >= 0.3 is 0 Å². The van der Waals surface area contributed by atoms with Gasteiger partial charge in [-0.3, -0.25) is 0 Å². The summed E-state index contributed by atoms with van der Waals surface area (Å²) in [5, 5.41) is 0. The maximum absolute atomic E-state index is 13.7. The zero-order chi connectivity index (χ0) is 11.5. The maximum atomic E-state index is 13.7. The molecule has 86 valence electrons. The molecule has 1 heterocycles. The Labute approximate surface area is 102 Å². The molecule has 0 amide bonds. The smallest absolute Gasteiger partial charge is 0.129 e. The van der Waals surface area contributed by atoms with Crippen LogP contribution < -0.4 is 5.73 Å². The third-order valence-electron chi connectivity index (χ3n) is 2.57. The molecule has 2 rings (SSSR count). The summed E-state index contributed by atoms with van der Waals surface area (Å²) >= 11 is 3.21. The van der Waals surface area contributed by atoms with Crippen LogP contribution in [0.5, 0.6) is 0 Å². The predicted octanol–water partition coefficient (Wildman–Crippen LogP) is 3.28. The van der Waals surface area contributed by atoms with Crippen molar-refractivity contribution in [3.8, 4) is 0 Å². The molecule has 1 aliphatic heterocycles. The molecular formula is C12H13BrFNO. The Morgan fingerprint density at radius 3 is 2.88 bits per heavy atom. The summed E-state index contributed by atoms with van der Waals surface area (Å²) in [5.74, 6) is 0.365. The highest BCUT2D eigenvalue weighted by Crippen LogP contribution is 2.27. The molecule has 0 aromatic heterocycles. The molecule has 1 unspecified atom stereocenters. The second kappa shape index (κ2) is 4.97. The summed E-state index contributed by atoms with van der Waals surface area (Å²) < 4.78 is 19.8. The van der Waals surface area contributed by atoms with Gasteiger partial charge in [0.15, 0.2) is 0 Å². The van der Waals surface area contributed by atoms with Gasteiger partial charge in [-0.1, -0.05) is 22.0 Å². The highest BCUT2D eigenvalue weighted by atomic mass is 79.9. The van der Waals surface area contributed by atoms with Crippen molar-refractivity contribution < 1.29 is 9.13 Å². The number of rotatable bonds is 2. The molecule has 0 aliphatic carbocycles. The molecule has 0 saturated carbocycles. The molecule has 0 radical (unpaired) electrons. The highest BCUT2D eigenvalue weighted by molar-refractivity contribution is 9.10. The summed E-state index contributed by atoms with van der Waals surface area (Å²) in [6.45, 7) is 0.664. The summed E-state index contributed by atoms with van der Waals surface area (Å²) in [7, 11) is 0. The van der Waals surface area contributed by atoms with Gasteiger partial charge in [0.1, 0.15) is 11.6 Å². The molecular weight excluding hydrogens is 273 g/mol. The quantitative estimate of drug-likeness (QED) is 0.905. The largest absolute Gasteiger partial charge is 0.496 e. The van der Waals surface area contributed by atoms with E-state index in [0.29, 0.717) is 22.4 Å². The van der Waals surface area contributed by atoms with Crippen LogP contribution in [0.1, 0.15) is 24.4 Å². The average molecular weight is 286 g/mol. The Hall–Kier alpha value is -0.870. The van der Waals surface area contributed by atoms with E-state index >= 15 is 0 Å². The first kappa shape index (κ1) is 11.6. The monoisotopic (exact) mass is 285 g/mol. The van der Waals surface area contributed by atoms with Crippen LogP contribution in [-0.2, 0) is 4.74 Å². The molecule has 0 bridgehead atoms. The first-order chi connectivity index (χ1) is 7.68. The van der Waals surface area contributed by atoms with Crippen LogP contribution in [-0.4, -0.2) is 6.61 Å². The Kier molecular flexibility index (Phi) is 3.61. The van der Waals surface area contributed by atoms with E-state index in [0.717, 1.165) is 12.8 Å². The van der Waals surface area contributed by atoms with E-state index in [1.165, 1.54) is 6.07 Å². The number of benzene rings is 1. The lowest BCUT2D eigenvalue weighted by Crippen LogP contribution is -2.19. The van der Waals surface area contributed by atoms with Gasteiger partial charge in [-0.2, -0.15) is 0 Å². The first-order valence-corrected chi connectivity index (χ1v) is 6.01. The Morgan fingerprint density at radius 2 is 2.25 bits per heavy atom. The van der Waals surface area contributed by atoms with Crippen LogP contribution in [0, 0.1) is 5.82 Å². The van der Waals surface area contributed by atoms with Gasteiger partial charge in [-0.15, -0.1) is 0 Å². The zero-order valence-electron chi connectivity index (χ0n) is 8.75. The normalized spacial score (nSPS) is 17.6. The first-order valence-electron chi connectivity index (χ1n) is 5.22. The third kappa shape index (κ3) is 2.44. The van der Waals surface area contributed by atoms with Crippen LogP contribution >= 0.6 is 15.9 Å². The molecule has 0 spiro atoms. The zero-order valence-corrected chi connectivity index (χ0v) is 10.3. The molecule has 0 saturated heterocycles. The summed E-state index contributed by atoms with van der Waals surface area (Å²) in [4.78, 5) is 0. The molecule has 16 heavy (non-hydrogen) atoms. The van der Waals surface area contributed by atoms with Crippen molar-refractivity contribution in [2.45, 2.75) is 18.9 Å². The van der Waals surface area contributed by atoms with Gasteiger partial charge in [-0.25, -0.2) is 4.39 Å². The molecule has 1 aliphatic rings. The second-order valence-electron chi connectivity index (χ2n) is 3.74. The Balaban J connectivity index is 2.26. The van der Waals surface area contributed by atoms with E-state index in [2.05, 4.69) is 15.9 Å². The fraction of sp³-hybridized carbons (Fsp3) is 0.333. The van der Waals surface area contributed by atoms with Gasteiger partial charge in [0.25, 0.3) is 0 Å². The van der Waals surface area contributed by atoms with Crippen molar-refractivity contribution in [3.63, 3.8) is 0 Å². The lowest BCUT2D eigenvalue weighted by molar-refractivity contribution is 0.175. The number of hydrogen-bond donors (Lipinski definition) is 1. The van der Waals surface area contributed by atoms with Crippen LogP contribution in [0.3, 0.4) is 0 Å². The van der Waals surface area contributed by atoms with Gasteiger partial charge in [0.05, 0.1) is 12.6 Å². The maximum Gasteiger partial charge on any atom is 0.129 e. The van der Waals surface area contributed by atoms with Crippen LogP contribution in [0.25, 0.3) is 0 Å². The van der Waals surface area contributed by atoms with E-state index in [1.807, 2.05) is 6.08 Å². The fourth-order valence-corrected chi connectivity index (χ4v) is 2.03. The van der Waals surface area contributed by atoms with Crippen molar-refractivity contribution in [1.29, 1.82) is 0 Å². The summed E-state index contributed by atoms with van der Waals surface area (Å²) in [6, 6.07) is 4.37. The van der Waals surface area contributed by atoms with Crippen molar-refractivity contribution >= 4 is 15.9 Å². The van der Waals surface area contributed by atoms with E-state index < -0.39 is 6.04 Å². The number of nitrogens with two attached hydrogens (primary N) is 1. The second-order valence-corrected chi connectivity index (χ2v) is 4.66. The minimum absolute atomic E-state index is 0.308. The molecule has 1 aromatic carbocycles. The molecule has 4 heteroatoms. The van der Waals surface area contributed by atoms with Gasteiger partial charge in [-0.05, 0) is 31.1 Å². The van der Waals surface area contributed by atoms with Crippen molar-refractivity contribution in [2.24, 2.45) is 5.73 Å². The lowest BCUT2D eigenvalue weighted by atomic mass is 10.0. The topological polar surface area (TPSA) is 35.2 Å². The van der Waals surface area contributed by atoms with Crippen molar-refractivity contribution in [3.05, 3.63) is 45.9 Å². The summed E-state index contributed by atoms with van der Waals surface area (Å²) in [5.41, 5.74) is 6.44. The number of allylic oxidation sites excluding steroid dienone is 1. The highest BCUT2D eigenvalue weighted by Gasteiger charge is 2.18.